The molecule has 0 bridgehead atoms. The van der Waals surface area contributed by atoms with Gasteiger partial charge in [-0.1, -0.05) is 17.7 Å². The molecule has 0 spiro atoms. The molecular formula is C14H14ClN3O3S. The van der Waals surface area contributed by atoms with Gasteiger partial charge in [-0.05, 0) is 24.3 Å². The summed E-state index contributed by atoms with van der Waals surface area (Å²) >= 11 is 5.91. The largest absolute Gasteiger partial charge is 0.474 e. The van der Waals surface area contributed by atoms with Crippen molar-refractivity contribution in [2.45, 2.75) is 4.90 Å². The lowest BCUT2D eigenvalue weighted by Crippen LogP contribution is -2.38. The van der Waals surface area contributed by atoms with Gasteiger partial charge in [-0.15, -0.1) is 0 Å². The van der Waals surface area contributed by atoms with Crippen LogP contribution in [0, 0.1) is 0 Å². The van der Waals surface area contributed by atoms with Crippen molar-refractivity contribution < 1.29 is 13.2 Å². The summed E-state index contributed by atoms with van der Waals surface area (Å²) in [5.74, 6) is 0.302. The van der Waals surface area contributed by atoms with E-state index in [4.69, 9.17) is 16.3 Å². The van der Waals surface area contributed by atoms with Crippen LogP contribution in [-0.2, 0) is 10.0 Å². The van der Waals surface area contributed by atoms with Crippen LogP contribution in [0.25, 0.3) is 0 Å². The van der Waals surface area contributed by atoms with Crippen LogP contribution < -0.4 is 14.4 Å². The zero-order chi connectivity index (χ0) is 15.7. The third kappa shape index (κ3) is 2.57. The third-order valence-corrected chi connectivity index (χ3v) is 5.35. The number of sulfonamides is 1. The molecule has 2 aromatic rings. The lowest BCUT2D eigenvalue weighted by Gasteiger charge is -2.30. The topological polar surface area (TPSA) is 71.5 Å². The number of halogens is 1. The predicted octanol–water partition coefficient (Wildman–Crippen LogP) is 2.36. The highest BCUT2D eigenvalue weighted by atomic mass is 35.5. The van der Waals surface area contributed by atoms with Gasteiger partial charge in [-0.3, -0.25) is 4.31 Å². The SMILES string of the molecule is CNc1cnc2c(c1)N(S(=O)(=O)c1cccc(Cl)c1)CCO2. The van der Waals surface area contributed by atoms with Crippen LogP contribution in [0.5, 0.6) is 5.88 Å². The van der Waals surface area contributed by atoms with Crippen molar-refractivity contribution in [1.29, 1.82) is 0 Å². The second-order valence-corrected chi connectivity index (χ2v) is 6.98. The molecule has 3 rings (SSSR count). The van der Waals surface area contributed by atoms with Gasteiger partial charge < -0.3 is 10.1 Å². The number of benzene rings is 1. The second kappa shape index (κ2) is 5.66. The molecule has 1 aromatic heterocycles. The second-order valence-electron chi connectivity index (χ2n) is 4.68. The predicted molar refractivity (Wildman–Crippen MR) is 85.3 cm³/mol. The summed E-state index contributed by atoms with van der Waals surface area (Å²) in [6.45, 7) is 0.468. The number of fused-ring (bicyclic) bond motifs is 1. The summed E-state index contributed by atoms with van der Waals surface area (Å²) in [4.78, 5) is 4.29. The first kappa shape index (κ1) is 14.9. The number of pyridine rings is 1. The highest BCUT2D eigenvalue weighted by molar-refractivity contribution is 7.92. The van der Waals surface area contributed by atoms with Gasteiger partial charge in [0, 0.05) is 12.1 Å². The van der Waals surface area contributed by atoms with Crippen LogP contribution >= 0.6 is 11.6 Å². The van der Waals surface area contributed by atoms with Crippen LogP contribution in [0.2, 0.25) is 5.02 Å². The molecule has 22 heavy (non-hydrogen) atoms. The highest BCUT2D eigenvalue weighted by Gasteiger charge is 2.31. The standard InChI is InChI=1S/C14H14ClN3O3S/c1-16-11-8-13-14(17-9-11)21-6-5-18(13)22(19,20)12-4-2-3-10(15)7-12/h2-4,7-9,16H,5-6H2,1H3. The van der Waals surface area contributed by atoms with Gasteiger partial charge in [-0.25, -0.2) is 13.4 Å². The van der Waals surface area contributed by atoms with Crippen molar-refractivity contribution in [3.63, 3.8) is 0 Å². The Hall–Kier alpha value is -1.99. The molecule has 0 amide bonds. The molecule has 8 heteroatoms. The van der Waals surface area contributed by atoms with Gasteiger partial charge in [0.1, 0.15) is 12.3 Å². The Morgan fingerprint density at radius 2 is 2.18 bits per heavy atom. The minimum absolute atomic E-state index is 0.141. The summed E-state index contributed by atoms with van der Waals surface area (Å²) in [6.07, 6.45) is 1.59. The van der Waals surface area contributed by atoms with Crippen molar-refractivity contribution in [1.82, 2.24) is 4.98 Å². The van der Waals surface area contributed by atoms with Gasteiger partial charge in [0.05, 0.1) is 23.3 Å². The van der Waals surface area contributed by atoms with E-state index < -0.39 is 10.0 Å². The van der Waals surface area contributed by atoms with Crippen molar-refractivity contribution in [2.75, 3.05) is 29.8 Å². The zero-order valence-corrected chi connectivity index (χ0v) is 13.4. The first-order chi connectivity index (χ1) is 10.5. The number of aromatic nitrogens is 1. The number of nitrogens with one attached hydrogen (secondary N) is 1. The molecule has 0 saturated heterocycles. The van der Waals surface area contributed by atoms with E-state index in [0.717, 1.165) is 0 Å². The van der Waals surface area contributed by atoms with Crippen LogP contribution in [0.15, 0.2) is 41.4 Å². The molecule has 0 aliphatic carbocycles. The van der Waals surface area contributed by atoms with Crippen molar-refractivity contribution >= 4 is 33.0 Å². The van der Waals surface area contributed by atoms with Crippen molar-refractivity contribution in [3.8, 4) is 5.88 Å². The Bertz CT molecular complexity index is 811. The number of nitrogens with zero attached hydrogens (tertiary/aromatic N) is 2. The first-order valence-corrected chi connectivity index (χ1v) is 8.43. The maximum atomic E-state index is 12.9. The molecule has 1 aliphatic rings. The molecule has 6 nitrogen and oxygen atoms in total. The average Bonchev–Trinajstić information content (AvgIpc) is 2.53. The summed E-state index contributed by atoms with van der Waals surface area (Å²) in [6, 6.07) is 7.89. The minimum Gasteiger partial charge on any atom is -0.474 e. The van der Waals surface area contributed by atoms with E-state index in [1.807, 2.05) is 0 Å². The van der Waals surface area contributed by atoms with Crippen LogP contribution in [0.3, 0.4) is 0 Å². The van der Waals surface area contributed by atoms with E-state index in [2.05, 4.69) is 10.3 Å². The molecule has 0 fully saturated rings. The lowest BCUT2D eigenvalue weighted by atomic mass is 10.3. The molecule has 0 unspecified atom stereocenters. The smallest absolute Gasteiger partial charge is 0.264 e. The van der Waals surface area contributed by atoms with Crippen molar-refractivity contribution in [3.05, 3.63) is 41.6 Å². The van der Waals surface area contributed by atoms with Gasteiger partial charge >= 0.3 is 0 Å². The monoisotopic (exact) mass is 339 g/mol. The molecule has 2 heterocycles. The van der Waals surface area contributed by atoms with E-state index in [9.17, 15) is 8.42 Å². The normalized spacial score (nSPS) is 14.2. The molecular weight excluding hydrogens is 326 g/mol. The van der Waals surface area contributed by atoms with E-state index in [1.54, 1.807) is 31.4 Å². The third-order valence-electron chi connectivity index (χ3n) is 3.31. The molecule has 0 saturated carbocycles. The van der Waals surface area contributed by atoms with Gasteiger partial charge in [0.25, 0.3) is 10.0 Å². The summed E-state index contributed by atoms with van der Waals surface area (Å²) in [5, 5.41) is 3.31. The van der Waals surface area contributed by atoms with Gasteiger partial charge in [0.2, 0.25) is 5.88 Å². The quantitative estimate of drug-likeness (QED) is 0.929. The summed E-state index contributed by atoms with van der Waals surface area (Å²) in [5.41, 5.74) is 1.12. The Balaban J connectivity index is 2.10. The Morgan fingerprint density at radius 3 is 2.91 bits per heavy atom. The van der Waals surface area contributed by atoms with Crippen LogP contribution in [0.4, 0.5) is 11.4 Å². The number of ether oxygens (including phenoxy) is 1. The zero-order valence-electron chi connectivity index (χ0n) is 11.8. The Morgan fingerprint density at radius 1 is 1.36 bits per heavy atom. The fraction of sp³-hybridized carbons (Fsp3) is 0.214. The van der Waals surface area contributed by atoms with Crippen molar-refractivity contribution in [2.24, 2.45) is 0 Å². The molecule has 0 atom stereocenters. The molecule has 0 radical (unpaired) electrons. The van der Waals surface area contributed by atoms with E-state index in [0.29, 0.717) is 22.3 Å². The van der Waals surface area contributed by atoms with Crippen LogP contribution in [-0.4, -0.2) is 33.6 Å². The highest BCUT2D eigenvalue weighted by Crippen LogP contribution is 2.35. The molecule has 1 aromatic carbocycles. The van der Waals surface area contributed by atoms with Gasteiger partial charge in [-0.2, -0.15) is 0 Å². The number of rotatable bonds is 3. The van der Waals surface area contributed by atoms with Gasteiger partial charge in [0.15, 0.2) is 0 Å². The van der Waals surface area contributed by atoms with E-state index in [1.165, 1.54) is 16.4 Å². The first-order valence-electron chi connectivity index (χ1n) is 6.61. The lowest BCUT2D eigenvalue weighted by molar-refractivity contribution is 0.303. The number of hydrogen-bond acceptors (Lipinski definition) is 5. The fourth-order valence-corrected chi connectivity index (χ4v) is 3.96. The summed E-state index contributed by atoms with van der Waals surface area (Å²) < 4.78 is 32.5. The fourth-order valence-electron chi connectivity index (χ4n) is 2.22. The Kier molecular flexibility index (Phi) is 3.84. The average molecular weight is 340 g/mol. The molecule has 1 aliphatic heterocycles. The number of anilines is 2. The Labute approximate surface area is 133 Å². The molecule has 1 N–H and O–H groups in total. The molecule has 116 valence electrons. The summed E-state index contributed by atoms with van der Waals surface area (Å²) in [7, 11) is -1.98. The maximum Gasteiger partial charge on any atom is 0.264 e. The maximum absolute atomic E-state index is 12.9. The van der Waals surface area contributed by atoms with E-state index >= 15 is 0 Å². The number of hydrogen-bond donors (Lipinski definition) is 1. The van der Waals surface area contributed by atoms with E-state index in [-0.39, 0.29) is 18.0 Å². The minimum atomic E-state index is -3.72. The van der Waals surface area contributed by atoms with Crippen LogP contribution in [0.1, 0.15) is 0 Å².